The number of hydrogen-bond donors (Lipinski definition) is 4. The molecule has 0 fully saturated rings. The van der Waals surface area contributed by atoms with Crippen LogP contribution >= 0.6 is 0 Å². The van der Waals surface area contributed by atoms with Gasteiger partial charge in [-0.1, -0.05) is 0 Å². The van der Waals surface area contributed by atoms with Gasteiger partial charge in [0.1, 0.15) is 5.56 Å². The number of fused-ring (bicyclic) bond motifs is 1. The van der Waals surface area contributed by atoms with Crippen LogP contribution in [0.2, 0.25) is 0 Å². The Morgan fingerprint density at radius 1 is 1.06 bits per heavy atom. The second kappa shape index (κ2) is 3.41. The lowest BCUT2D eigenvalue weighted by molar-refractivity contribution is 0.0628. The fourth-order valence-corrected chi connectivity index (χ4v) is 1.50. The van der Waals surface area contributed by atoms with Crippen molar-refractivity contribution in [1.82, 2.24) is 0 Å². The van der Waals surface area contributed by atoms with E-state index in [4.69, 9.17) is 14.6 Å². The Balaban J connectivity index is 2.94. The maximum absolute atomic E-state index is 10.9. The van der Waals surface area contributed by atoms with E-state index >= 15 is 0 Å². The molecule has 7 nitrogen and oxygen atoms in total. The summed E-state index contributed by atoms with van der Waals surface area (Å²) in [6.45, 7) is 0. The number of carboxylic acid groups (broad SMARTS) is 2. The summed E-state index contributed by atoms with van der Waals surface area (Å²) < 4.78 is 4.74. The van der Waals surface area contributed by atoms with E-state index in [2.05, 4.69) is 0 Å². The van der Waals surface area contributed by atoms with Gasteiger partial charge >= 0.3 is 11.9 Å². The maximum Gasteiger partial charge on any atom is 0.372 e. The van der Waals surface area contributed by atoms with Gasteiger partial charge in [0.15, 0.2) is 11.3 Å². The van der Waals surface area contributed by atoms with E-state index in [9.17, 15) is 19.8 Å². The molecule has 0 aliphatic carbocycles. The lowest BCUT2D eigenvalue weighted by Gasteiger charge is -1.96. The molecule has 17 heavy (non-hydrogen) atoms. The average Bonchev–Trinajstić information content (AvgIpc) is 2.63. The molecule has 0 spiro atoms. The van der Waals surface area contributed by atoms with Crippen molar-refractivity contribution in [3.63, 3.8) is 0 Å². The van der Waals surface area contributed by atoms with Gasteiger partial charge in [0.2, 0.25) is 11.5 Å². The first kappa shape index (κ1) is 10.8. The Labute approximate surface area is 93.1 Å². The van der Waals surface area contributed by atoms with Crippen LogP contribution in [0.5, 0.6) is 11.5 Å². The Morgan fingerprint density at radius 3 is 2.24 bits per heavy atom. The van der Waals surface area contributed by atoms with Crippen molar-refractivity contribution in [3.8, 4) is 11.5 Å². The number of hydrogen-bond acceptors (Lipinski definition) is 5. The Bertz CT molecular complexity index is 638. The van der Waals surface area contributed by atoms with Crippen molar-refractivity contribution in [2.24, 2.45) is 0 Å². The summed E-state index contributed by atoms with van der Waals surface area (Å²) >= 11 is 0. The largest absolute Gasteiger partial charge is 0.504 e. The maximum atomic E-state index is 10.9. The molecule has 7 heteroatoms. The summed E-state index contributed by atoms with van der Waals surface area (Å²) in [5.41, 5.74) is -0.942. The highest BCUT2D eigenvalue weighted by molar-refractivity contribution is 6.11. The van der Waals surface area contributed by atoms with Crippen LogP contribution in [0.15, 0.2) is 16.5 Å². The number of carboxylic acids is 2. The van der Waals surface area contributed by atoms with Gasteiger partial charge in [0.05, 0.1) is 0 Å². The predicted octanol–water partition coefficient (Wildman–Crippen LogP) is 1.24. The SMILES string of the molecule is O=C(O)c1oc2c(O)c(O)ccc2c1C(=O)O. The van der Waals surface area contributed by atoms with Crippen LogP contribution < -0.4 is 0 Å². The van der Waals surface area contributed by atoms with Crippen molar-refractivity contribution in [2.75, 3.05) is 0 Å². The number of furan rings is 1. The highest BCUT2D eigenvalue weighted by atomic mass is 16.4. The van der Waals surface area contributed by atoms with Crippen molar-refractivity contribution < 1.29 is 34.4 Å². The van der Waals surface area contributed by atoms with Crippen molar-refractivity contribution in [1.29, 1.82) is 0 Å². The zero-order valence-electron chi connectivity index (χ0n) is 8.17. The number of carbonyl (C=O) groups is 2. The zero-order valence-corrected chi connectivity index (χ0v) is 8.17. The summed E-state index contributed by atoms with van der Waals surface area (Å²) in [4.78, 5) is 21.7. The molecular weight excluding hydrogens is 232 g/mol. The monoisotopic (exact) mass is 238 g/mol. The van der Waals surface area contributed by atoms with Gasteiger partial charge in [0, 0.05) is 5.39 Å². The average molecular weight is 238 g/mol. The Morgan fingerprint density at radius 2 is 1.71 bits per heavy atom. The van der Waals surface area contributed by atoms with Crippen molar-refractivity contribution in [2.45, 2.75) is 0 Å². The normalized spacial score (nSPS) is 10.6. The van der Waals surface area contributed by atoms with E-state index in [1.807, 2.05) is 0 Å². The van der Waals surface area contributed by atoms with E-state index in [1.165, 1.54) is 0 Å². The van der Waals surface area contributed by atoms with E-state index in [0.29, 0.717) is 0 Å². The molecule has 1 heterocycles. The smallest absolute Gasteiger partial charge is 0.372 e. The summed E-state index contributed by atoms with van der Waals surface area (Å²) in [7, 11) is 0. The second-order valence-electron chi connectivity index (χ2n) is 3.23. The molecule has 1 aromatic heterocycles. The number of phenols is 2. The van der Waals surface area contributed by atoms with Gasteiger partial charge in [-0.05, 0) is 12.1 Å². The molecule has 0 aliphatic rings. The van der Waals surface area contributed by atoms with Gasteiger partial charge < -0.3 is 24.8 Å². The van der Waals surface area contributed by atoms with Crippen LogP contribution in [-0.4, -0.2) is 32.4 Å². The predicted molar refractivity (Wildman–Crippen MR) is 53.5 cm³/mol. The number of aromatic carboxylic acids is 2. The molecule has 0 amide bonds. The summed E-state index contributed by atoms with van der Waals surface area (Å²) in [6.07, 6.45) is 0. The standard InChI is InChI=1S/C10H6O7/c11-4-2-1-3-5(9(13)14)8(10(15)16)17-7(3)6(4)12/h1-2,11-12H,(H,13,14)(H,15,16). The first-order valence-electron chi connectivity index (χ1n) is 4.37. The number of aromatic hydroxyl groups is 2. The molecule has 0 saturated carbocycles. The minimum atomic E-state index is -1.57. The Kier molecular flexibility index (Phi) is 2.17. The number of benzene rings is 1. The number of phenolic OH excluding ortho intramolecular Hbond substituents is 2. The molecule has 88 valence electrons. The highest BCUT2D eigenvalue weighted by Gasteiger charge is 2.27. The van der Waals surface area contributed by atoms with Crippen LogP contribution in [0.25, 0.3) is 11.0 Å². The van der Waals surface area contributed by atoms with Crippen LogP contribution in [0, 0.1) is 0 Å². The van der Waals surface area contributed by atoms with Gasteiger partial charge in [-0.2, -0.15) is 0 Å². The highest BCUT2D eigenvalue weighted by Crippen LogP contribution is 2.37. The van der Waals surface area contributed by atoms with E-state index in [0.717, 1.165) is 12.1 Å². The van der Waals surface area contributed by atoms with Crippen LogP contribution in [0.1, 0.15) is 20.9 Å². The fourth-order valence-electron chi connectivity index (χ4n) is 1.50. The third kappa shape index (κ3) is 1.44. The number of rotatable bonds is 2. The van der Waals surface area contributed by atoms with Crippen LogP contribution in [-0.2, 0) is 0 Å². The minimum absolute atomic E-state index is 0.0924. The summed E-state index contributed by atoms with van der Waals surface area (Å²) in [5.74, 6) is -5.09. The molecule has 0 radical (unpaired) electrons. The zero-order chi connectivity index (χ0) is 12.7. The first-order chi connectivity index (χ1) is 7.93. The van der Waals surface area contributed by atoms with Gasteiger partial charge in [-0.3, -0.25) is 0 Å². The lowest BCUT2D eigenvalue weighted by Crippen LogP contribution is -2.04. The van der Waals surface area contributed by atoms with E-state index < -0.39 is 34.8 Å². The summed E-state index contributed by atoms with van der Waals surface area (Å²) in [6, 6.07) is 2.20. The van der Waals surface area contributed by atoms with Crippen molar-refractivity contribution >= 4 is 22.9 Å². The molecule has 0 aliphatic heterocycles. The van der Waals surface area contributed by atoms with Crippen LogP contribution in [0.3, 0.4) is 0 Å². The fraction of sp³-hybridized carbons (Fsp3) is 0. The third-order valence-corrected chi connectivity index (χ3v) is 2.22. The quantitative estimate of drug-likeness (QED) is 0.579. The molecule has 4 N–H and O–H groups in total. The van der Waals surface area contributed by atoms with E-state index in [-0.39, 0.29) is 11.0 Å². The van der Waals surface area contributed by atoms with Gasteiger partial charge in [0.25, 0.3) is 0 Å². The first-order valence-corrected chi connectivity index (χ1v) is 4.37. The van der Waals surface area contributed by atoms with Crippen molar-refractivity contribution in [3.05, 3.63) is 23.5 Å². The molecule has 0 atom stereocenters. The van der Waals surface area contributed by atoms with Crippen LogP contribution in [0.4, 0.5) is 0 Å². The summed E-state index contributed by atoms with van der Waals surface area (Å²) in [5, 5.41) is 36.2. The molecule has 0 saturated heterocycles. The molecule has 2 rings (SSSR count). The molecule has 0 unspecified atom stereocenters. The van der Waals surface area contributed by atoms with E-state index in [1.54, 1.807) is 0 Å². The van der Waals surface area contributed by atoms with Gasteiger partial charge in [-0.15, -0.1) is 0 Å². The third-order valence-electron chi connectivity index (χ3n) is 2.22. The molecule has 0 bridgehead atoms. The molecular formula is C10H6O7. The molecule has 1 aromatic carbocycles. The van der Waals surface area contributed by atoms with Gasteiger partial charge in [-0.25, -0.2) is 9.59 Å². The Hall–Kier alpha value is -2.70. The lowest BCUT2D eigenvalue weighted by atomic mass is 10.1. The minimum Gasteiger partial charge on any atom is -0.504 e. The topological polar surface area (TPSA) is 128 Å². The second-order valence-corrected chi connectivity index (χ2v) is 3.23. The molecule has 2 aromatic rings.